The first-order chi connectivity index (χ1) is 5.72. The maximum atomic E-state index is 10.2. The Morgan fingerprint density at radius 3 is 1.92 bits per heavy atom. The first-order valence-electron chi connectivity index (χ1n) is 3.49. The summed E-state index contributed by atoms with van der Waals surface area (Å²) >= 11 is 0. The van der Waals surface area contributed by atoms with Crippen LogP contribution in [0.5, 0.6) is 0 Å². The van der Waals surface area contributed by atoms with Gasteiger partial charge in [0, 0.05) is 0 Å². The van der Waals surface area contributed by atoms with E-state index in [1.807, 2.05) is 0 Å². The Kier molecular flexibility index (Phi) is 6.58. The van der Waals surface area contributed by atoms with Gasteiger partial charge in [0.05, 0.1) is 13.2 Å². The van der Waals surface area contributed by atoms with Crippen molar-refractivity contribution in [2.24, 2.45) is 0 Å². The highest BCUT2D eigenvalue weighted by Crippen LogP contribution is 1.95. The van der Waals surface area contributed by atoms with E-state index in [0.717, 1.165) is 0 Å². The fourth-order valence-electron chi connectivity index (χ4n) is 0.354. The second-order valence-electron chi connectivity index (χ2n) is 1.66. The average Bonchev–Trinajstić information content (AvgIpc) is 2.04. The van der Waals surface area contributed by atoms with Gasteiger partial charge in [0.2, 0.25) is 0 Å². The van der Waals surface area contributed by atoms with Gasteiger partial charge in [0.15, 0.2) is 0 Å². The van der Waals surface area contributed by atoms with Gasteiger partial charge >= 0.3 is 0 Å². The quantitative estimate of drug-likeness (QED) is 0.283. The zero-order chi connectivity index (χ0) is 9.40. The van der Waals surface area contributed by atoms with Gasteiger partial charge in [-0.25, -0.2) is 9.78 Å². The normalized spacial score (nSPS) is 10.6. The smallest absolute Gasteiger partial charge is 0.263 e. The van der Waals surface area contributed by atoms with Crippen LogP contribution in [0.3, 0.4) is 0 Å². The van der Waals surface area contributed by atoms with Crippen molar-refractivity contribution in [3.8, 4) is 0 Å². The molecule has 0 atom stereocenters. The molecule has 0 radical (unpaired) electrons. The molecule has 0 aromatic heterocycles. The van der Waals surface area contributed by atoms with Gasteiger partial charge in [-0.15, -0.1) is 0 Å². The SMILES string of the molecule is CCOOC(OOCC)C(=O)[O-]. The lowest BCUT2D eigenvalue weighted by molar-refractivity contribution is -0.468. The first-order valence-corrected chi connectivity index (χ1v) is 3.49. The van der Waals surface area contributed by atoms with Gasteiger partial charge in [0.25, 0.3) is 6.29 Å². The second-order valence-corrected chi connectivity index (χ2v) is 1.66. The summed E-state index contributed by atoms with van der Waals surface area (Å²) in [6.07, 6.45) is -1.65. The van der Waals surface area contributed by atoms with E-state index in [4.69, 9.17) is 0 Å². The fourth-order valence-corrected chi connectivity index (χ4v) is 0.354. The zero-order valence-electron chi connectivity index (χ0n) is 6.94. The molecule has 6 nitrogen and oxygen atoms in total. The van der Waals surface area contributed by atoms with Gasteiger partial charge in [-0.3, -0.25) is 0 Å². The van der Waals surface area contributed by atoms with Crippen LogP contribution in [0.4, 0.5) is 0 Å². The summed E-state index contributed by atoms with van der Waals surface area (Å²) in [5.74, 6) is -1.56. The van der Waals surface area contributed by atoms with Crippen molar-refractivity contribution in [1.29, 1.82) is 0 Å². The van der Waals surface area contributed by atoms with E-state index in [9.17, 15) is 9.90 Å². The van der Waals surface area contributed by atoms with Gasteiger partial charge in [-0.2, -0.15) is 9.78 Å². The van der Waals surface area contributed by atoms with E-state index < -0.39 is 12.3 Å². The summed E-state index contributed by atoms with van der Waals surface area (Å²) in [5.41, 5.74) is 0. The molecule has 0 heterocycles. The van der Waals surface area contributed by atoms with Gasteiger partial charge in [0.1, 0.15) is 5.97 Å². The van der Waals surface area contributed by atoms with Crippen LogP contribution in [0.2, 0.25) is 0 Å². The van der Waals surface area contributed by atoms with E-state index in [2.05, 4.69) is 19.6 Å². The molecule has 0 amide bonds. The minimum atomic E-state index is -1.65. The van der Waals surface area contributed by atoms with Crippen molar-refractivity contribution < 1.29 is 29.5 Å². The lowest BCUT2D eigenvalue weighted by Crippen LogP contribution is -2.39. The van der Waals surface area contributed by atoms with Gasteiger partial charge in [-0.05, 0) is 13.8 Å². The molecule has 0 N–H and O–H groups in total. The summed E-state index contributed by atoms with van der Waals surface area (Å²) in [7, 11) is 0. The zero-order valence-corrected chi connectivity index (χ0v) is 6.94. The second kappa shape index (κ2) is 6.99. The molecule has 0 aliphatic rings. The molecule has 0 aromatic carbocycles. The van der Waals surface area contributed by atoms with Crippen LogP contribution in [0, 0.1) is 0 Å². The lowest BCUT2D eigenvalue weighted by Gasteiger charge is -2.15. The topological polar surface area (TPSA) is 77.0 Å². The molecule has 0 saturated carbocycles. The minimum absolute atomic E-state index is 0.208. The van der Waals surface area contributed by atoms with Crippen molar-refractivity contribution >= 4 is 5.97 Å². The number of carbonyl (C=O) groups is 1. The third-order valence-electron chi connectivity index (χ3n) is 0.739. The predicted molar refractivity (Wildman–Crippen MR) is 34.2 cm³/mol. The highest BCUT2D eigenvalue weighted by atomic mass is 17.3. The molecule has 0 fully saturated rings. The van der Waals surface area contributed by atoms with Crippen LogP contribution < -0.4 is 5.11 Å². The molecular weight excluding hydrogens is 168 g/mol. The highest BCUT2D eigenvalue weighted by molar-refractivity contribution is 5.67. The Bertz CT molecular complexity index is 117. The molecule has 0 aromatic rings. The first kappa shape index (κ1) is 11.3. The molecule has 12 heavy (non-hydrogen) atoms. The van der Waals surface area contributed by atoms with E-state index in [0.29, 0.717) is 0 Å². The molecule has 0 aliphatic carbocycles. The number of hydrogen-bond donors (Lipinski definition) is 0. The largest absolute Gasteiger partial charge is 0.544 e. The Labute approximate surface area is 69.8 Å². The summed E-state index contributed by atoms with van der Waals surface area (Å²) in [4.78, 5) is 27.3. The van der Waals surface area contributed by atoms with Crippen LogP contribution in [-0.2, 0) is 24.3 Å². The molecule has 72 valence electrons. The van der Waals surface area contributed by atoms with Crippen LogP contribution in [-0.4, -0.2) is 25.5 Å². The maximum absolute atomic E-state index is 10.2. The number of aliphatic carboxylic acids is 1. The van der Waals surface area contributed by atoms with Crippen molar-refractivity contribution in [1.82, 2.24) is 0 Å². The molecule has 6 heteroatoms. The molecule has 0 saturated heterocycles. The van der Waals surface area contributed by atoms with Crippen molar-refractivity contribution in [2.75, 3.05) is 13.2 Å². The van der Waals surface area contributed by atoms with Crippen LogP contribution in [0.15, 0.2) is 0 Å². The van der Waals surface area contributed by atoms with E-state index >= 15 is 0 Å². The van der Waals surface area contributed by atoms with Crippen molar-refractivity contribution in [3.63, 3.8) is 0 Å². The third kappa shape index (κ3) is 5.03. The molecular formula is C6H11O6-. The molecule has 0 rings (SSSR count). The van der Waals surface area contributed by atoms with Crippen molar-refractivity contribution in [3.05, 3.63) is 0 Å². The number of rotatable bonds is 7. The molecule has 0 bridgehead atoms. The highest BCUT2D eigenvalue weighted by Gasteiger charge is 2.12. The van der Waals surface area contributed by atoms with Crippen LogP contribution in [0.1, 0.15) is 13.8 Å². The third-order valence-corrected chi connectivity index (χ3v) is 0.739. The van der Waals surface area contributed by atoms with Crippen LogP contribution in [0.25, 0.3) is 0 Å². The predicted octanol–water partition coefficient (Wildman–Crippen LogP) is -1.00. The van der Waals surface area contributed by atoms with E-state index in [1.54, 1.807) is 13.8 Å². The van der Waals surface area contributed by atoms with E-state index in [-0.39, 0.29) is 13.2 Å². The lowest BCUT2D eigenvalue weighted by atomic mass is 10.7. The Hall–Kier alpha value is -0.690. The molecule has 0 aliphatic heterocycles. The molecule has 0 spiro atoms. The molecule has 0 unspecified atom stereocenters. The maximum Gasteiger partial charge on any atom is 0.263 e. The van der Waals surface area contributed by atoms with Crippen LogP contribution >= 0.6 is 0 Å². The number of carbonyl (C=O) groups excluding carboxylic acids is 1. The minimum Gasteiger partial charge on any atom is -0.544 e. The number of carboxylic acid groups (broad SMARTS) is 1. The van der Waals surface area contributed by atoms with Gasteiger partial charge < -0.3 is 9.90 Å². The average molecular weight is 179 g/mol. The monoisotopic (exact) mass is 179 g/mol. The number of carboxylic acids is 1. The Morgan fingerprint density at radius 1 is 1.25 bits per heavy atom. The Balaban J connectivity index is 3.62. The van der Waals surface area contributed by atoms with Gasteiger partial charge in [-0.1, -0.05) is 0 Å². The summed E-state index contributed by atoms with van der Waals surface area (Å²) in [6, 6.07) is 0. The summed E-state index contributed by atoms with van der Waals surface area (Å²) < 4.78 is 0. The summed E-state index contributed by atoms with van der Waals surface area (Å²) in [6.45, 7) is 3.68. The fraction of sp³-hybridized carbons (Fsp3) is 0.833. The summed E-state index contributed by atoms with van der Waals surface area (Å²) in [5, 5.41) is 10.2. The Morgan fingerprint density at radius 2 is 1.67 bits per heavy atom. The van der Waals surface area contributed by atoms with E-state index in [1.165, 1.54) is 0 Å². The number of hydrogen-bond acceptors (Lipinski definition) is 6. The standard InChI is InChI=1S/C6H12O6/c1-3-9-11-6(5(7)8)12-10-4-2/h6H,3-4H2,1-2H3,(H,7,8)/p-1. The van der Waals surface area contributed by atoms with Crippen molar-refractivity contribution in [2.45, 2.75) is 20.1 Å².